The van der Waals surface area contributed by atoms with Gasteiger partial charge in [0.05, 0.1) is 32.9 Å². The average Bonchev–Trinajstić information content (AvgIpc) is 3.56. The molecule has 1 N–H and O–H groups in total. The van der Waals surface area contributed by atoms with E-state index in [-0.39, 0.29) is 35.2 Å². The van der Waals surface area contributed by atoms with Gasteiger partial charge in [-0.1, -0.05) is 37.3 Å². The highest BCUT2D eigenvalue weighted by atomic mass is 79.9. The van der Waals surface area contributed by atoms with Gasteiger partial charge in [0.25, 0.3) is 0 Å². The molecule has 2 aromatic heterocycles. The van der Waals surface area contributed by atoms with Crippen molar-refractivity contribution in [1.29, 1.82) is 0 Å². The standard InChI is InChI=1S/C35H29BrF2N4O4S2/c1-2-32(45-13-14-48(43,44)25-9-4-3-5-10-25)35-42-31(20-47-35)26-17-27-30(18-29(26)38)39-21-40-34(27)41-24-11-12-33(28(36)16-24)46-19-22-7-6-8-23(37)15-22/h3-12,15-18,20-21,32H,2,13-14,19H2,1H3,(H,39,40,41). The predicted octanol–water partition coefficient (Wildman–Crippen LogP) is 9.06. The van der Waals surface area contributed by atoms with Gasteiger partial charge in [0.15, 0.2) is 9.84 Å². The van der Waals surface area contributed by atoms with Gasteiger partial charge in [0, 0.05) is 28.1 Å². The average molecular weight is 752 g/mol. The van der Waals surface area contributed by atoms with Gasteiger partial charge >= 0.3 is 0 Å². The van der Waals surface area contributed by atoms with Crippen molar-refractivity contribution >= 4 is 59.5 Å². The van der Waals surface area contributed by atoms with Gasteiger partial charge in [-0.05, 0) is 76.4 Å². The number of nitrogens with zero attached hydrogens (tertiary/aromatic N) is 3. The Morgan fingerprint density at radius 3 is 2.58 bits per heavy atom. The van der Waals surface area contributed by atoms with Gasteiger partial charge in [-0.3, -0.25) is 0 Å². The molecule has 2 heterocycles. The van der Waals surface area contributed by atoms with Crippen LogP contribution in [0.1, 0.15) is 30.0 Å². The van der Waals surface area contributed by atoms with E-state index in [0.717, 1.165) is 0 Å². The van der Waals surface area contributed by atoms with E-state index in [0.29, 0.717) is 55.3 Å². The Balaban J connectivity index is 1.17. The molecule has 48 heavy (non-hydrogen) atoms. The lowest BCUT2D eigenvalue weighted by molar-refractivity contribution is 0.0609. The first-order valence-electron chi connectivity index (χ1n) is 14.9. The number of benzene rings is 4. The third-order valence-corrected chi connectivity index (χ3v) is 10.7. The lowest BCUT2D eigenvalue weighted by atomic mass is 10.1. The normalized spacial score (nSPS) is 12.2. The molecule has 6 rings (SSSR count). The molecular weight excluding hydrogens is 722 g/mol. The zero-order valence-corrected chi connectivity index (χ0v) is 28.8. The van der Waals surface area contributed by atoms with Crippen molar-refractivity contribution in [3.8, 4) is 17.0 Å². The molecular formula is C35H29BrF2N4O4S2. The van der Waals surface area contributed by atoms with Gasteiger partial charge in [0.2, 0.25) is 0 Å². The molecule has 0 fully saturated rings. The summed E-state index contributed by atoms with van der Waals surface area (Å²) in [5.41, 5.74) is 2.50. The van der Waals surface area contributed by atoms with Crippen LogP contribution in [0.5, 0.6) is 5.75 Å². The van der Waals surface area contributed by atoms with Crippen molar-refractivity contribution < 1.29 is 26.7 Å². The second-order valence-electron chi connectivity index (χ2n) is 10.7. The number of sulfone groups is 1. The molecule has 0 amide bonds. The van der Waals surface area contributed by atoms with Crippen LogP contribution >= 0.6 is 27.3 Å². The summed E-state index contributed by atoms with van der Waals surface area (Å²) in [6.07, 6.45) is 1.47. The molecule has 0 radical (unpaired) electrons. The van der Waals surface area contributed by atoms with Gasteiger partial charge < -0.3 is 14.8 Å². The highest BCUT2D eigenvalue weighted by Crippen LogP contribution is 2.35. The molecule has 0 saturated carbocycles. The summed E-state index contributed by atoms with van der Waals surface area (Å²) in [7, 11) is -3.49. The van der Waals surface area contributed by atoms with E-state index in [1.165, 1.54) is 35.9 Å². The summed E-state index contributed by atoms with van der Waals surface area (Å²) in [5, 5.41) is 6.24. The van der Waals surface area contributed by atoms with Crippen molar-refractivity contribution in [2.24, 2.45) is 0 Å². The van der Waals surface area contributed by atoms with E-state index in [1.54, 1.807) is 60.0 Å². The minimum Gasteiger partial charge on any atom is -0.488 e. The van der Waals surface area contributed by atoms with Crippen LogP contribution in [0.4, 0.5) is 20.3 Å². The van der Waals surface area contributed by atoms with E-state index < -0.39 is 21.8 Å². The maximum absolute atomic E-state index is 15.4. The van der Waals surface area contributed by atoms with Crippen LogP contribution in [0, 0.1) is 11.6 Å². The van der Waals surface area contributed by atoms with Crippen molar-refractivity contribution in [2.45, 2.75) is 31.0 Å². The molecule has 0 aliphatic heterocycles. The second kappa shape index (κ2) is 14.9. The number of thiazole rings is 1. The lowest BCUT2D eigenvalue weighted by Gasteiger charge is -2.14. The Morgan fingerprint density at radius 1 is 0.979 bits per heavy atom. The number of ether oxygens (including phenoxy) is 2. The zero-order valence-electron chi connectivity index (χ0n) is 25.6. The number of aromatic nitrogens is 3. The van der Waals surface area contributed by atoms with Crippen LogP contribution in [-0.4, -0.2) is 35.7 Å². The predicted molar refractivity (Wildman–Crippen MR) is 186 cm³/mol. The number of halogens is 3. The minimum absolute atomic E-state index is 0.00240. The topological polar surface area (TPSA) is 103 Å². The van der Waals surface area contributed by atoms with E-state index in [4.69, 9.17) is 9.47 Å². The van der Waals surface area contributed by atoms with Crippen LogP contribution in [0.25, 0.3) is 22.2 Å². The molecule has 6 aromatic rings. The van der Waals surface area contributed by atoms with E-state index in [2.05, 4.69) is 36.2 Å². The Kier molecular flexibility index (Phi) is 10.4. The summed E-state index contributed by atoms with van der Waals surface area (Å²) in [4.78, 5) is 13.6. The van der Waals surface area contributed by atoms with Crippen LogP contribution in [-0.2, 0) is 21.2 Å². The monoisotopic (exact) mass is 750 g/mol. The van der Waals surface area contributed by atoms with Crippen LogP contribution < -0.4 is 10.1 Å². The maximum Gasteiger partial charge on any atom is 0.180 e. The maximum atomic E-state index is 15.4. The van der Waals surface area contributed by atoms with Crippen molar-refractivity contribution in [1.82, 2.24) is 15.0 Å². The minimum atomic E-state index is -3.49. The Bertz CT molecular complexity index is 2170. The van der Waals surface area contributed by atoms with Crippen molar-refractivity contribution in [3.63, 3.8) is 0 Å². The number of anilines is 2. The van der Waals surface area contributed by atoms with Crippen LogP contribution in [0.15, 0.2) is 106 Å². The fourth-order valence-corrected chi connectivity index (χ4v) is 7.53. The van der Waals surface area contributed by atoms with Crippen molar-refractivity contribution in [2.75, 3.05) is 17.7 Å². The zero-order chi connectivity index (χ0) is 33.7. The molecule has 1 unspecified atom stereocenters. The Hall–Kier alpha value is -4.30. The summed E-state index contributed by atoms with van der Waals surface area (Å²) in [5.74, 6) is 0.0604. The quantitative estimate of drug-likeness (QED) is 0.125. The first kappa shape index (κ1) is 33.6. The van der Waals surface area contributed by atoms with Gasteiger partial charge in [-0.2, -0.15) is 0 Å². The largest absolute Gasteiger partial charge is 0.488 e. The highest BCUT2D eigenvalue weighted by molar-refractivity contribution is 9.10. The van der Waals surface area contributed by atoms with Gasteiger partial charge in [0.1, 0.15) is 47.2 Å². The molecule has 1 atom stereocenters. The van der Waals surface area contributed by atoms with Gasteiger partial charge in [-0.15, -0.1) is 11.3 Å². The molecule has 13 heteroatoms. The number of hydrogen-bond acceptors (Lipinski definition) is 9. The molecule has 8 nitrogen and oxygen atoms in total. The molecule has 0 saturated heterocycles. The second-order valence-corrected chi connectivity index (χ2v) is 14.6. The summed E-state index contributed by atoms with van der Waals surface area (Å²) >= 11 is 4.86. The first-order chi connectivity index (χ1) is 23.2. The highest BCUT2D eigenvalue weighted by Gasteiger charge is 2.20. The van der Waals surface area contributed by atoms with Crippen molar-refractivity contribution in [3.05, 3.63) is 123 Å². The molecule has 0 bridgehead atoms. The van der Waals surface area contributed by atoms with E-state index in [9.17, 15) is 12.8 Å². The SMILES string of the molecule is CCC(OCCS(=O)(=O)c1ccccc1)c1nc(-c2cc3c(Nc4ccc(OCc5cccc(F)c5)c(Br)c4)ncnc3cc2F)cs1. The molecule has 0 aliphatic rings. The molecule has 246 valence electrons. The third-order valence-electron chi connectivity index (χ3n) is 7.42. The fraction of sp³-hybridized carbons (Fsp3) is 0.171. The van der Waals surface area contributed by atoms with Gasteiger partial charge in [-0.25, -0.2) is 32.2 Å². The van der Waals surface area contributed by atoms with E-state index >= 15 is 4.39 Å². The molecule has 4 aromatic carbocycles. The van der Waals surface area contributed by atoms with Crippen LogP contribution in [0.3, 0.4) is 0 Å². The summed E-state index contributed by atoms with van der Waals surface area (Å²) in [6, 6.07) is 22.9. The number of fused-ring (bicyclic) bond motifs is 1. The van der Waals surface area contributed by atoms with Crippen LogP contribution in [0.2, 0.25) is 0 Å². The number of hydrogen-bond donors (Lipinski definition) is 1. The first-order valence-corrected chi connectivity index (χ1v) is 18.3. The number of nitrogens with one attached hydrogen (secondary N) is 1. The summed E-state index contributed by atoms with van der Waals surface area (Å²) in [6.45, 7) is 2.12. The Morgan fingerprint density at radius 2 is 1.81 bits per heavy atom. The number of rotatable bonds is 13. The smallest absolute Gasteiger partial charge is 0.180 e. The third kappa shape index (κ3) is 7.87. The summed E-state index contributed by atoms with van der Waals surface area (Å²) < 4.78 is 66.7. The van der Waals surface area contributed by atoms with E-state index in [1.807, 2.05) is 19.1 Å². The Labute approximate surface area is 288 Å². The fourth-order valence-electron chi connectivity index (χ4n) is 4.96. The lowest BCUT2D eigenvalue weighted by Crippen LogP contribution is -2.14. The molecule has 0 aliphatic carbocycles. The molecule has 0 spiro atoms.